The van der Waals surface area contributed by atoms with Crippen LogP contribution in [0.2, 0.25) is 5.02 Å². The number of fused-ring (bicyclic) bond motifs is 4. The molecule has 5 aliphatic rings. The Labute approximate surface area is 341 Å². The summed E-state index contributed by atoms with van der Waals surface area (Å²) in [6.45, 7) is 6.02. The highest BCUT2D eigenvalue weighted by Gasteiger charge is 2.48. The minimum Gasteiger partial charge on any atom is -0.490 e. The highest BCUT2D eigenvalue weighted by atomic mass is 35.5. The Morgan fingerprint density at radius 1 is 0.982 bits per heavy atom. The highest BCUT2D eigenvalue weighted by molar-refractivity contribution is 7.73. The van der Waals surface area contributed by atoms with Gasteiger partial charge in [-0.3, -0.25) is 19.3 Å². The summed E-state index contributed by atoms with van der Waals surface area (Å²) in [6.07, 6.45) is 6.68. The predicted octanol–water partition coefficient (Wildman–Crippen LogP) is 6.40. The van der Waals surface area contributed by atoms with Crippen LogP contribution in [0, 0.1) is 23.7 Å². The van der Waals surface area contributed by atoms with Crippen LogP contribution in [0.3, 0.4) is 0 Å². The van der Waals surface area contributed by atoms with Crippen molar-refractivity contribution in [3.63, 3.8) is 0 Å². The zero-order chi connectivity index (χ0) is 40.0. The molecule has 11 nitrogen and oxygen atoms in total. The van der Waals surface area contributed by atoms with Gasteiger partial charge in [0.05, 0.1) is 47.9 Å². The van der Waals surface area contributed by atoms with E-state index in [1.807, 2.05) is 25.1 Å². The van der Waals surface area contributed by atoms with Gasteiger partial charge in [-0.1, -0.05) is 43.1 Å². The van der Waals surface area contributed by atoms with E-state index in [0.717, 1.165) is 74.4 Å². The fraction of sp³-hybridized carbons (Fsp3) is 0.523. The maximum absolute atomic E-state index is 13.3. The van der Waals surface area contributed by atoms with Gasteiger partial charge in [-0.15, -0.1) is 0 Å². The predicted molar refractivity (Wildman–Crippen MR) is 218 cm³/mol. The summed E-state index contributed by atoms with van der Waals surface area (Å²) in [5.74, 6) is 0.0748. The zero-order valence-electron chi connectivity index (χ0n) is 32.6. The topological polar surface area (TPSA) is 146 Å². The van der Waals surface area contributed by atoms with Gasteiger partial charge >= 0.3 is 0 Å². The maximum Gasteiger partial charge on any atom is 0.261 e. The number of benzene rings is 3. The third-order valence-electron chi connectivity index (χ3n) is 13.6. The highest BCUT2D eigenvalue weighted by Crippen LogP contribution is 2.49. The van der Waals surface area contributed by atoms with Crippen molar-refractivity contribution >= 4 is 45.7 Å². The molecular formula is C44H52ClN3O8S. The number of nitrogens with two attached hydrogens (primary N) is 1. The van der Waals surface area contributed by atoms with E-state index < -0.39 is 34.2 Å². The lowest BCUT2D eigenvalue weighted by Crippen LogP contribution is -2.53. The van der Waals surface area contributed by atoms with Crippen LogP contribution < -0.4 is 15.4 Å². The van der Waals surface area contributed by atoms with E-state index >= 15 is 0 Å². The van der Waals surface area contributed by atoms with E-state index in [1.165, 1.54) is 16.0 Å². The molecule has 8 rings (SSSR count). The Morgan fingerprint density at radius 2 is 1.72 bits per heavy atom. The Morgan fingerprint density at radius 3 is 2.39 bits per heavy atom. The molecule has 0 radical (unpaired) electrons. The van der Waals surface area contributed by atoms with Crippen LogP contribution in [0.25, 0.3) is 0 Å². The lowest BCUT2D eigenvalue weighted by molar-refractivity contribution is -0.237. The monoisotopic (exact) mass is 817 g/mol. The lowest BCUT2D eigenvalue weighted by Gasteiger charge is -2.49. The first-order valence-electron chi connectivity index (χ1n) is 20.4. The standard InChI is InChI=1S/C44H52ClN3O8S/c1-26(27(2)57(52)53)7-5-11-36(43-54-22-32(23-55-43)48-41(50)34-9-3-4-10-35(34)42(48)51)33-15-12-30(33)21-47-24-44(18-6-8-28-19-31(45)14-16-37(28)44)25-56-39-17-13-29(40(46)49)20-38(39)47/h3-4,9-10,13-14,16-17,19-20,26-27,30,32-33,36,43,57H,5-8,11-12,15,18,21-25H2,1-2H3,(H2,46,49)/t26-,27+,30-,32-,33+,36+,43-,44-/m0/s1. The fourth-order valence-electron chi connectivity index (χ4n) is 10.1. The number of hydrogen-bond acceptors (Lipinski definition) is 9. The number of hydrogen-bond donors (Lipinski definition) is 2. The molecule has 13 heteroatoms. The molecule has 3 aromatic carbocycles. The van der Waals surface area contributed by atoms with Crippen molar-refractivity contribution in [3.8, 4) is 5.75 Å². The number of rotatable bonds is 12. The molecule has 1 spiro atoms. The maximum atomic E-state index is 13.3. The van der Waals surface area contributed by atoms with Gasteiger partial charge in [0.1, 0.15) is 16.5 Å². The van der Waals surface area contributed by atoms with Gasteiger partial charge in [-0.25, -0.2) is 8.42 Å². The van der Waals surface area contributed by atoms with Crippen LogP contribution >= 0.6 is 11.6 Å². The quantitative estimate of drug-likeness (QED) is 0.157. The van der Waals surface area contributed by atoms with Crippen molar-refractivity contribution in [2.75, 3.05) is 37.8 Å². The van der Waals surface area contributed by atoms with Gasteiger partial charge in [0.2, 0.25) is 5.91 Å². The number of primary amides is 1. The van der Waals surface area contributed by atoms with Crippen molar-refractivity contribution in [2.24, 2.45) is 29.4 Å². The number of imide groups is 1. The summed E-state index contributed by atoms with van der Waals surface area (Å²) in [6, 6.07) is 18.0. The first kappa shape index (κ1) is 39.8. The summed E-state index contributed by atoms with van der Waals surface area (Å²) in [4.78, 5) is 42.7. The van der Waals surface area contributed by atoms with Crippen LogP contribution in [0.1, 0.15) is 101 Å². The molecule has 304 valence electrons. The SMILES string of the molecule is C[C@H]([C@@H](C)CCC[C@@H]([C@H]1OC[C@H](N2C(=O)c3ccccc3C2=O)CO1)[C@@H]1CC[C@H]1CN1C[C@@]2(CCCc3cc(Cl)ccc32)COc2ccc(C(N)=O)cc21)[SH](=O)=O. The average molecular weight is 818 g/mol. The Balaban J connectivity index is 1.05. The molecule has 3 aromatic rings. The van der Waals surface area contributed by atoms with Crippen molar-refractivity contribution in [1.29, 1.82) is 0 Å². The molecule has 57 heavy (non-hydrogen) atoms. The Bertz CT molecular complexity index is 2080. The van der Waals surface area contributed by atoms with Crippen LogP contribution in [0.4, 0.5) is 5.69 Å². The fourth-order valence-corrected chi connectivity index (χ4v) is 10.8. The van der Waals surface area contributed by atoms with E-state index in [1.54, 1.807) is 37.3 Å². The molecule has 2 fully saturated rings. The van der Waals surface area contributed by atoms with Gasteiger partial charge in [-0.2, -0.15) is 0 Å². The first-order valence-corrected chi connectivity index (χ1v) is 22.0. The van der Waals surface area contributed by atoms with Crippen LogP contribution in [-0.2, 0) is 32.0 Å². The molecule has 3 heterocycles. The molecule has 2 aliphatic carbocycles. The summed E-state index contributed by atoms with van der Waals surface area (Å²) in [5, 5.41) is 0.309. The van der Waals surface area contributed by atoms with Gasteiger partial charge < -0.3 is 24.8 Å². The summed E-state index contributed by atoms with van der Waals surface area (Å²) < 4.78 is 43.2. The number of nitrogens with zero attached hydrogens (tertiary/aromatic N) is 2. The molecule has 3 amide bonds. The number of ether oxygens (including phenoxy) is 3. The Hall–Kier alpha value is -3.97. The van der Waals surface area contributed by atoms with E-state index in [-0.39, 0.29) is 54.1 Å². The molecule has 0 bridgehead atoms. The molecule has 2 N–H and O–H groups in total. The number of halogens is 1. The normalized spacial score (nSPS) is 27.2. The molecule has 3 aliphatic heterocycles. The van der Waals surface area contributed by atoms with Crippen molar-refractivity contribution in [1.82, 2.24) is 4.90 Å². The van der Waals surface area contributed by atoms with E-state index in [9.17, 15) is 22.8 Å². The summed E-state index contributed by atoms with van der Waals surface area (Å²) in [7, 11) is -2.52. The first-order chi connectivity index (χ1) is 27.4. The number of anilines is 1. The van der Waals surface area contributed by atoms with Crippen molar-refractivity contribution < 1.29 is 37.0 Å². The van der Waals surface area contributed by atoms with Crippen molar-refractivity contribution in [2.45, 2.75) is 88.2 Å². The van der Waals surface area contributed by atoms with Crippen LogP contribution in [0.5, 0.6) is 5.75 Å². The smallest absolute Gasteiger partial charge is 0.261 e. The van der Waals surface area contributed by atoms with E-state index in [2.05, 4.69) is 17.0 Å². The van der Waals surface area contributed by atoms with E-state index in [4.69, 9.17) is 31.5 Å². The molecule has 0 aromatic heterocycles. The average Bonchev–Trinajstić information content (AvgIpc) is 3.35. The number of carbonyl (C=O) groups is 3. The molecule has 1 saturated heterocycles. The van der Waals surface area contributed by atoms with Crippen molar-refractivity contribution in [3.05, 3.63) is 93.5 Å². The second-order valence-corrected chi connectivity index (χ2v) is 18.8. The number of thiol groups is 1. The minimum atomic E-state index is -2.52. The van der Waals surface area contributed by atoms with Gasteiger partial charge in [0, 0.05) is 35.0 Å². The molecule has 1 saturated carbocycles. The summed E-state index contributed by atoms with van der Waals surface area (Å²) in [5.41, 5.74) is 10.1. The molecule has 0 unspecified atom stereocenters. The third-order valence-corrected chi connectivity index (χ3v) is 15.0. The number of carbonyl (C=O) groups excluding carboxylic acids is 3. The van der Waals surface area contributed by atoms with Gasteiger partial charge in [0.15, 0.2) is 6.29 Å². The molecule has 6 atom stereocenters. The third kappa shape index (κ3) is 7.70. The van der Waals surface area contributed by atoms with E-state index in [0.29, 0.717) is 29.8 Å². The Kier molecular flexibility index (Phi) is 11.4. The van der Waals surface area contributed by atoms with Gasteiger partial charge in [0.25, 0.3) is 11.8 Å². The second kappa shape index (κ2) is 16.4. The zero-order valence-corrected chi connectivity index (χ0v) is 34.2. The number of aryl methyl sites for hydroxylation is 1. The second-order valence-electron chi connectivity index (χ2n) is 17.0. The van der Waals surface area contributed by atoms with Crippen LogP contribution in [0.15, 0.2) is 60.7 Å². The lowest BCUT2D eigenvalue weighted by atomic mass is 9.64. The van der Waals surface area contributed by atoms with Gasteiger partial charge in [-0.05, 0) is 123 Å². The largest absolute Gasteiger partial charge is 0.490 e. The van der Waals surface area contributed by atoms with Crippen LogP contribution in [-0.4, -0.2) is 81.5 Å². The minimum absolute atomic E-state index is 0.00144. The summed E-state index contributed by atoms with van der Waals surface area (Å²) >= 11 is 6.48. The number of amides is 3. The molecular weight excluding hydrogens is 766 g/mol.